The molecule has 2 unspecified atom stereocenters. The first-order chi connectivity index (χ1) is 9.21. The van der Waals surface area contributed by atoms with Crippen LogP contribution in [-0.2, 0) is 23.1 Å². The lowest BCUT2D eigenvalue weighted by Crippen LogP contribution is -2.33. The van der Waals surface area contributed by atoms with Crippen LogP contribution >= 0.6 is 23.2 Å². The Labute approximate surface area is 124 Å². The SMILES string of the molecule is CCCC(C)C1OCc2c(CCl)cnc(CCl)c2O1. The van der Waals surface area contributed by atoms with E-state index in [-0.39, 0.29) is 6.29 Å². The molecule has 0 fully saturated rings. The Bertz CT molecular complexity index is 440. The average molecular weight is 304 g/mol. The molecular formula is C14H19Cl2NO2. The van der Waals surface area contributed by atoms with Crippen molar-refractivity contribution in [3.8, 4) is 5.75 Å². The maximum absolute atomic E-state index is 5.98. The highest BCUT2D eigenvalue weighted by molar-refractivity contribution is 6.17. The zero-order valence-corrected chi connectivity index (χ0v) is 12.8. The van der Waals surface area contributed by atoms with Crippen LogP contribution in [0.2, 0.25) is 0 Å². The zero-order valence-electron chi connectivity index (χ0n) is 11.3. The molecule has 5 heteroatoms. The first-order valence-electron chi connectivity index (χ1n) is 6.61. The van der Waals surface area contributed by atoms with Gasteiger partial charge in [-0.05, 0) is 12.0 Å². The van der Waals surface area contributed by atoms with Gasteiger partial charge in [-0.3, -0.25) is 4.98 Å². The quantitative estimate of drug-likeness (QED) is 0.763. The van der Waals surface area contributed by atoms with Crippen molar-refractivity contribution in [2.75, 3.05) is 0 Å². The van der Waals surface area contributed by atoms with E-state index >= 15 is 0 Å². The van der Waals surface area contributed by atoms with Crippen LogP contribution in [0, 0.1) is 5.92 Å². The van der Waals surface area contributed by atoms with Crippen molar-refractivity contribution in [3.63, 3.8) is 0 Å². The molecule has 1 aromatic rings. The number of nitrogens with zero attached hydrogens (tertiary/aromatic N) is 1. The molecule has 0 N–H and O–H groups in total. The van der Waals surface area contributed by atoms with E-state index < -0.39 is 0 Å². The normalized spacial score (nSPS) is 19.7. The molecule has 0 radical (unpaired) electrons. The van der Waals surface area contributed by atoms with Gasteiger partial charge < -0.3 is 9.47 Å². The van der Waals surface area contributed by atoms with E-state index in [1.54, 1.807) is 6.20 Å². The van der Waals surface area contributed by atoms with E-state index in [9.17, 15) is 0 Å². The molecule has 0 saturated heterocycles. The number of rotatable bonds is 5. The van der Waals surface area contributed by atoms with Gasteiger partial charge >= 0.3 is 0 Å². The minimum atomic E-state index is -0.221. The van der Waals surface area contributed by atoms with Gasteiger partial charge in [0.25, 0.3) is 0 Å². The Hall–Kier alpha value is -0.510. The Kier molecular flexibility index (Phi) is 5.31. The van der Waals surface area contributed by atoms with Crippen LogP contribution in [0.1, 0.15) is 43.5 Å². The summed E-state index contributed by atoms with van der Waals surface area (Å²) >= 11 is 11.9. The first-order valence-corrected chi connectivity index (χ1v) is 7.67. The van der Waals surface area contributed by atoms with Crippen LogP contribution in [-0.4, -0.2) is 11.3 Å². The predicted octanol–water partition coefficient (Wildman–Crippen LogP) is 4.23. The summed E-state index contributed by atoms with van der Waals surface area (Å²) in [6.07, 6.45) is 3.71. The fraction of sp³-hybridized carbons (Fsp3) is 0.643. The van der Waals surface area contributed by atoms with Crippen molar-refractivity contribution in [2.24, 2.45) is 5.92 Å². The van der Waals surface area contributed by atoms with Crippen molar-refractivity contribution in [1.82, 2.24) is 4.98 Å². The van der Waals surface area contributed by atoms with Crippen molar-refractivity contribution < 1.29 is 9.47 Å². The number of aromatic nitrogens is 1. The van der Waals surface area contributed by atoms with Crippen LogP contribution in [0.3, 0.4) is 0 Å². The second-order valence-corrected chi connectivity index (χ2v) is 5.40. The summed E-state index contributed by atoms with van der Waals surface area (Å²) < 4.78 is 11.8. The van der Waals surface area contributed by atoms with E-state index in [0.29, 0.717) is 24.3 Å². The lowest BCUT2D eigenvalue weighted by Gasteiger charge is -2.32. The molecule has 0 aliphatic carbocycles. The number of halogens is 2. The van der Waals surface area contributed by atoms with Crippen LogP contribution in [0.15, 0.2) is 6.20 Å². The molecule has 2 rings (SSSR count). The molecule has 1 aromatic heterocycles. The summed E-state index contributed by atoms with van der Waals surface area (Å²) in [6, 6.07) is 0. The van der Waals surface area contributed by atoms with E-state index in [0.717, 1.165) is 35.4 Å². The lowest BCUT2D eigenvalue weighted by molar-refractivity contribution is -0.138. The van der Waals surface area contributed by atoms with Gasteiger partial charge in [0, 0.05) is 23.6 Å². The van der Waals surface area contributed by atoms with Gasteiger partial charge in [-0.25, -0.2) is 0 Å². The molecule has 0 spiro atoms. The second kappa shape index (κ2) is 6.78. The van der Waals surface area contributed by atoms with Gasteiger partial charge in [0.05, 0.1) is 18.2 Å². The van der Waals surface area contributed by atoms with E-state index in [1.807, 2.05) is 0 Å². The lowest BCUT2D eigenvalue weighted by atomic mass is 10.0. The molecule has 19 heavy (non-hydrogen) atoms. The van der Waals surface area contributed by atoms with Crippen molar-refractivity contribution in [3.05, 3.63) is 23.0 Å². The minimum absolute atomic E-state index is 0.221. The Balaban J connectivity index is 2.27. The number of ether oxygens (including phenoxy) is 2. The molecular weight excluding hydrogens is 285 g/mol. The molecule has 106 valence electrons. The number of alkyl halides is 2. The highest BCUT2D eigenvalue weighted by Crippen LogP contribution is 2.35. The van der Waals surface area contributed by atoms with Gasteiger partial charge in [0.2, 0.25) is 6.29 Å². The van der Waals surface area contributed by atoms with Crippen molar-refractivity contribution in [2.45, 2.75) is 51.3 Å². The van der Waals surface area contributed by atoms with Gasteiger partial charge in [-0.1, -0.05) is 20.3 Å². The molecule has 0 aromatic carbocycles. The Morgan fingerprint density at radius 2 is 2.21 bits per heavy atom. The largest absolute Gasteiger partial charge is 0.462 e. The van der Waals surface area contributed by atoms with E-state index in [2.05, 4.69) is 18.8 Å². The Morgan fingerprint density at radius 1 is 1.42 bits per heavy atom. The second-order valence-electron chi connectivity index (χ2n) is 4.87. The highest BCUT2D eigenvalue weighted by Gasteiger charge is 2.28. The van der Waals surface area contributed by atoms with Crippen molar-refractivity contribution in [1.29, 1.82) is 0 Å². The molecule has 0 bridgehead atoms. The summed E-state index contributed by atoms with van der Waals surface area (Å²) in [7, 11) is 0. The fourth-order valence-electron chi connectivity index (χ4n) is 2.31. The first kappa shape index (κ1) is 14.9. The van der Waals surface area contributed by atoms with Gasteiger partial charge in [0.15, 0.2) is 5.75 Å². The number of hydrogen-bond donors (Lipinski definition) is 0. The number of pyridine rings is 1. The maximum Gasteiger partial charge on any atom is 0.202 e. The third-order valence-electron chi connectivity index (χ3n) is 3.41. The topological polar surface area (TPSA) is 31.4 Å². The molecule has 3 nitrogen and oxygen atoms in total. The Morgan fingerprint density at radius 3 is 2.84 bits per heavy atom. The fourth-order valence-corrected chi connectivity index (χ4v) is 2.73. The number of hydrogen-bond acceptors (Lipinski definition) is 3. The summed E-state index contributed by atoms with van der Waals surface area (Å²) in [5, 5.41) is 0. The standard InChI is InChI=1S/C14H19Cl2NO2/c1-3-4-9(2)14-18-8-11-10(5-15)7-17-12(6-16)13(11)19-14/h7,9,14H,3-6,8H2,1-2H3. The van der Waals surface area contributed by atoms with Crippen molar-refractivity contribution >= 4 is 23.2 Å². The van der Waals surface area contributed by atoms with Crippen LogP contribution < -0.4 is 4.74 Å². The minimum Gasteiger partial charge on any atom is -0.462 e. The third-order valence-corrected chi connectivity index (χ3v) is 3.95. The highest BCUT2D eigenvalue weighted by atomic mass is 35.5. The summed E-state index contributed by atoms with van der Waals surface area (Å²) in [4.78, 5) is 4.32. The van der Waals surface area contributed by atoms with Gasteiger partial charge in [-0.2, -0.15) is 0 Å². The molecule has 0 saturated carbocycles. The van der Waals surface area contributed by atoms with Crippen LogP contribution in [0.5, 0.6) is 5.75 Å². The zero-order chi connectivity index (χ0) is 13.8. The third kappa shape index (κ3) is 3.15. The molecule has 2 heterocycles. The van der Waals surface area contributed by atoms with Gasteiger partial charge in [0.1, 0.15) is 0 Å². The maximum atomic E-state index is 5.98. The predicted molar refractivity (Wildman–Crippen MR) is 76.6 cm³/mol. The van der Waals surface area contributed by atoms with Crippen LogP contribution in [0.4, 0.5) is 0 Å². The summed E-state index contributed by atoms with van der Waals surface area (Å²) in [6.45, 7) is 4.81. The van der Waals surface area contributed by atoms with E-state index in [1.165, 1.54) is 0 Å². The van der Waals surface area contributed by atoms with Gasteiger partial charge in [-0.15, -0.1) is 23.2 Å². The molecule has 1 aliphatic rings. The van der Waals surface area contributed by atoms with Crippen LogP contribution in [0.25, 0.3) is 0 Å². The average Bonchev–Trinajstić information content (AvgIpc) is 2.45. The monoisotopic (exact) mass is 303 g/mol. The molecule has 0 amide bonds. The van der Waals surface area contributed by atoms with E-state index in [4.69, 9.17) is 32.7 Å². The summed E-state index contributed by atoms with van der Waals surface area (Å²) in [5.74, 6) is 1.85. The number of fused-ring (bicyclic) bond motifs is 1. The summed E-state index contributed by atoms with van der Waals surface area (Å²) in [5.41, 5.74) is 2.70. The molecule has 2 atom stereocenters. The molecule has 1 aliphatic heterocycles. The smallest absolute Gasteiger partial charge is 0.202 e.